The van der Waals surface area contributed by atoms with E-state index in [4.69, 9.17) is 23.5 Å². The van der Waals surface area contributed by atoms with E-state index in [0.717, 1.165) is 67.6 Å². The van der Waals surface area contributed by atoms with Gasteiger partial charge in [-0.15, -0.1) is 29.3 Å². The second-order valence-electron chi connectivity index (χ2n) is 21.5. The van der Waals surface area contributed by atoms with Crippen molar-refractivity contribution in [1.29, 1.82) is 0 Å². The molecule has 0 bridgehead atoms. The van der Waals surface area contributed by atoms with Crippen LogP contribution >= 0.6 is 0 Å². The normalized spacial score (nSPS) is 12.0. The summed E-state index contributed by atoms with van der Waals surface area (Å²) in [6.45, 7) is 17.7. The summed E-state index contributed by atoms with van der Waals surface area (Å²) in [7, 11) is 0. The number of rotatable bonds is 13. The first-order valence-electron chi connectivity index (χ1n) is 26.9. The van der Waals surface area contributed by atoms with Crippen molar-refractivity contribution in [2.45, 2.75) is 85.2 Å². The fourth-order valence-corrected chi connectivity index (χ4v) is 10.9. The number of furan rings is 2. The zero-order valence-electron chi connectivity index (χ0n) is 45.5. The van der Waals surface area contributed by atoms with E-state index in [1.54, 1.807) is 18.4 Å². The van der Waals surface area contributed by atoms with Crippen molar-refractivity contribution in [3.05, 3.63) is 216 Å². The molecule has 4 aromatic heterocycles. The molecule has 4 heterocycles. The van der Waals surface area contributed by atoms with Crippen molar-refractivity contribution < 1.29 is 47.8 Å². The fraction of sp³-hybridized carbons (Fsp3) is 0.188. The zero-order valence-corrected chi connectivity index (χ0v) is 47.8. The van der Waals surface area contributed by atoms with Crippen molar-refractivity contribution in [3.8, 4) is 79.2 Å². The Labute approximate surface area is 478 Å². The van der Waals surface area contributed by atoms with Crippen LogP contribution in [0.25, 0.3) is 101 Å². The zero-order chi connectivity index (χ0) is 54.9. The van der Waals surface area contributed by atoms with Crippen LogP contribution in [0.4, 0.5) is 13.2 Å². The molecule has 80 heavy (non-hydrogen) atoms. The molecule has 12 rings (SSSR count). The molecule has 12 aromatic rings. The maximum atomic E-state index is 13.8. The summed E-state index contributed by atoms with van der Waals surface area (Å²) in [4.78, 5) is 10.7. The third-order valence-electron chi connectivity index (χ3n) is 14.8. The first kappa shape index (κ1) is 53.8. The van der Waals surface area contributed by atoms with Crippen LogP contribution in [0.3, 0.4) is 0 Å². The quantitative estimate of drug-likeness (QED) is 0.108. The minimum atomic E-state index is -4.63. The molecule has 7 nitrogen and oxygen atoms in total. The molecule has 0 spiro atoms. The van der Waals surface area contributed by atoms with Crippen molar-refractivity contribution in [2.24, 2.45) is 0 Å². The van der Waals surface area contributed by atoms with E-state index in [1.165, 1.54) is 28.3 Å². The minimum absolute atomic E-state index is 0. The van der Waals surface area contributed by atoms with E-state index in [1.807, 2.05) is 66.7 Å². The molecule has 0 saturated carbocycles. The molecule has 0 aliphatic rings. The van der Waals surface area contributed by atoms with Gasteiger partial charge in [-0.05, 0) is 140 Å². The molecule has 0 saturated heterocycles. The fourth-order valence-electron chi connectivity index (χ4n) is 10.9. The molecule has 0 aliphatic heterocycles. The molecule has 11 heteroatoms. The number of benzene rings is 8. The maximum Gasteiger partial charge on any atom is 2.00 e. The van der Waals surface area contributed by atoms with Crippen LogP contribution in [0.2, 0.25) is 0 Å². The molecule has 0 aliphatic carbocycles. The van der Waals surface area contributed by atoms with Gasteiger partial charge in [0.2, 0.25) is 5.76 Å². The van der Waals surface area contributed by atoms with Crippen molar-refractivity contribution >= 4 is 33.0 Å². The van der Waals surface area contributed by atoms with Gasteiger partial charge in [0.1, 0.15) is 5.76 Å². The predicted molar refractivity (Wildman–Crippen MR) is 310 cm³/mol. The molecule has 0 radical (unpaired) electrons. The van der Waals surface area contributed by atoms with Crippen LogP contribution in [0.5, 0.6) is 11.5 Å². The van der Waals surface area contributed by atoms with Crippen molar-refractivity contribution in [2.75, 3.05) is 0 Å². The number of alkyl halides is 3. The van der Waals surface area contributed by atoms with Gasteiger partial charge in [0.05, 0.1) is 51.3 Å². The maximum absolute atomic E-state index is 13.8. The van der Waals surface area contributed by atoms with Crippen LogP contribution in [0.15, 0.2) is 185 Å². The Morgan fingerprint density at radius 3 is 1.59 bits per heavy atom. The molecule has 402 valence electrons. The first-order chi connectivity index (χ1) is 38.1. The number of aromatic nitrogens is 4. The van der Waals surface area contributed by atoms with E-state index < -0.39 is 11.9 Å². The summed E-state index contributed by atoms with van der Waals surface area (Å²) in [6.07, 6.45) is -3.01. The minimum Gasteiger partial charge on any atom is -0.496 e. The van der Waals surface area contributed by atoms with Gasteiger partial charge in [-0.1, -0.05) is 152 Å². The van der Waals surface area contributed by atoms with E-state index >= 15 is 0 Å². The standard InChI is InChI=1S/C69H57F3N4O3.Pt/c1-40(2)53-33-48(44-18-11-9-12-19-44)34-54(41(3)4)65(53)75-59-25-16-15-24-57(59)73-67(75)47-22-17-23-51(32-47)78-63-39-50(38-62-52(63)30-31-77-62)68-74-58-37-46(61-28-29-64(79-61)69(70,71)72)26-27-60(58)76(68)66-55(42(5)6)35-49(36-56(66)43(7)8)45-20-13-10-14-21-45;/h9-31,33-38,40-43H,1-8H3;/q-2;+2. The first-order valence-corrected chi connectivity index (χ1v) is 26.9. The molecule has 8 aromatic carbocycles. The van der Waals surface area contributed by atoms with Gasteiger partial charge >= 0.3 is 27.2 Å². The summed E-state index contributed by atoms with van der Waals surface area (Å²) in [5.74, 6) is 1.62. The van der Waals surface area contributed by atoms with E-state index in [0.29, 0.717) is 44.9 Å². The number of ether oxygens (including phenoxy) is 1. The Morgan fingerprint density at radius 2 is 1.02 bits per heavy atom. The molecule has 0 amide bonds. The van der Waals surface area contributed by atoms with Gasteiger partial charge in [0.15, 0.2) is 0 Å². The summed E-state index contributed by atoms with van der Waals surface area (Å²) >= 11 is 0. The van der Waals surface area contributed by atoms with Crippen LogP contribution < -0.4 is 4.74 Å². The average molecular weight is 1240 g/mol. The Hall–Kier alpha value is -8.20. The summed E-state index contributed by atoms with van der Waals surface area (Å²) in [5.41, 5.74) is 16.7. The van der Waals surface area contributed by atoms with Crippen molar-refractivity contribution in [3.63, 3.8) is 0 Å². The summed E-state index contributed by atoms with van der Waals surface area (Å²) in [6, 6.07) is 63.0. The SMILES string of the molecule is CC(C)c1cc(-c2ccccc2)cc(C(C)C)c1-n1c(-c2[c-]c(Oc3[c-]c(-c4nc5cc(-c6ccc(C(F)(F)F)o6)ccc5n4-c4c(C(C)C)cc(-c5ccccc5)cc4C(C)C)cc4occc34)ccc2)nc2ccccc21.[Pt+2]. The number of imidazole rings is 2. The van der Waals surface area contributed by atoms with Crippen LogP contribution in [0.1, 0.15) is 107 Å². The number of halogens is 3. The molecule has 0 N–H and O–H groups in total. The van der Waals surface area contributed by atoms with Gasteiger partial charge in [0.25, 0.3) is 0 Å². The number of hydrogen-bond donors (Lipinski definition) is 0. The summed E-state index contributed by atoms with van der Waals surface area (Å²) in [5, 5.41) is 0.692. The van der Waals surface area contributed by atoms with Crippen LogP contribution in [-0.2, 0) is 27.2 Å². The third-order valence-corrected chi connectivity index (χ3v) is 14.8. The number of para-hydroxylation sites is 2. The predicted octanol–water partition coefficient (Wildman–Crippen LogP) is 19.9. The molecule has 0 atom stereocenters. The molecule has 0 fully saturated rings. The Kier molecular flexibility index (Phi) is 14.4. The number of fused-ring (bicyclic) bond motifs is 3. The van der Waals surface area contributed by atoms with E-state index in [9.17, 15) is 13.2 Å². The third kappa shape index (κ3) is 9.89. The monoisotopic (exact) mass is 1240 g/mol. The van der Waals surface area contributed by atoms with Gasteiger partial charge in [-0.25, -0.2) is 0 Å². The second kappa shape index (κ2) is 21.5. The second-order valence-corrected chi connectivity index (χ2v) is 21.5. The molecular weight excluding hydrogens is 1180 g/mol. The smallest absolute Gasteiger partial charge is 0.496 e. The van der Waals surface area contributed by atoms with Gasteiger partial charge in [-0.3, -0.25) is 9.97 Å². The van der Waals surface area contributed by atoms with E-state index in [2.05, 4.69) is 156 Å². The Bertz CT molecular complexity index is 4180. The average Bonchev–Trinajstić information content (AvgIpc) is 4.37. The molecular formula is C69H57F3N4O3Pt. The topological polar surface area (TPSA) is 71.2 Å². The van der Waals surface area contributed by atoms with Crippen molar-refractivity contribution in [1.82, 2.24) is 19.1 Å². The Balaban J connectivity index is 0.00000675. The van der Waals surface area contributed by atoms with Gasteiger partial charge in [0, 0.05) is 22.7 Å². The number of nitrogens with zero attached hydrogens (tertiary/aromatic N) is 4. The van der Waals surface area contributed by atoms with Gasteiger partial charge < -0.3 is 22.7 Å². The van der Waals surface area contributed by atoms with Crippen LogP contribution in [0, 0.1) is 12.1 Å². The Morgan fingerprint density at radius 1 is 0.487 bits per heavy atom. The molecule has 0 unspecified atom stereocenters. The number of hydrogen-bond acceptors (Lipinski definition) is 5. The summed E-state index contributed by atoms with van der Waals surface area (Å²) < 4.78 is 64.4. The largest absolute Gasteiger partial charge is 2.00 e. The van der Waals surface area contributed by atoms with Gasteiger partial charge in [-0.2, -0.15) is 13.2 Å². The van der Waals surface area contributed by atoms with E-state index in [-0.39, 0.29) is 50.5 Å². The van der Waals surface area contributed by atoms with Crippen LogP contribution in [-0.4, -0.2) is 19.1 Å².